The maximum Gasteiger partial charge on any atom is 0.251 e. The molecule has 0 radical (unpaired) electrons. The molecule has 5 rings (SSSR count). The van der Waals surface area contributed by atoms with Gasteiger partial charge in [-0.15, -0.1) is 0 Å². The van der Waals surface area contributed by atoms with Crippen molar-refractivity contribution in [1.29, 1.82) is 0 Å². The molecule has 174 valence electrons. The zero-order chi connectivity index (χ0) is 23.7. The average molecular weight is 458 g/mol. The van der Waals surface area contributed by atoms with E-state index in [1.807, 2.05) is 49.5 Å². The van der Waals surface area contributed by atoms with E-state index < -0.39 is 0 Å². The third-order valence-corrected chi connectivity index (χ3v) is 5.88. The Morgan fingerprint density at radius 1 is 1.18 bits per heavy atom. The van der Waals surface area contributed by atoms with Gasteiger partial charge in [0.2, 0.25) is 0 Å². The van der Waals surface area contributed by atoms with Gasteiger partial charge in [-0.1, -0.05) is 30.3 Å². The quantitative estimate of drug-likeness (QED) is 0.438. The topological polar surface area (TPSA) is 111 Å². The molecule has 3 N–H and O–H groups in total. The predicted molar refractivity (Wildman–Crippen MR) is 131 cm³/mol. The largest absolute Gasteiger partial charge is 0.378 e. The summed E-state index contributed by atoms with van der Waals surface area (Å²) < 4.78 is 7.13. The Bertz CT molecular complexity index is 1310. The molecule has 4 heterocycles. The number of carbonyl (C=O) groups excluding carboxylic acids is 1. The lowest BCUT2D eigenvalue weighted by molar-refractivity contribution is 0.0783. The van der Waals surface area contributed by atoms with Crippen LogP contribution in [0, 0.1) is 0 Å². The SMILES string of the molecule is COC1CN(c2cc(C(=O)NC[C@H](C)N)cc(-c3cnn4ccc(-c5ccccc5)nc34)n2)C1. The van der Waals surface area contributed by atoms with Gasteiger partial charge in [-0.2, -0.15) is 5.10 Å². The summed E-state index contributed by atoms with van der Waals surface area (Å²) in [6.45, 7) is 3.68. The fourth-order valence-electron chi connectivity index (χ4n) is 3.90. The van der Waals surface area contributed by atoms with Crippen molar-refractivity contribution in [3.05, 3.63) is 66.5 Å². The molecule has 1 aromatic carbocycles. The minimum Gasteiger partial charge on any atom is -0.378 e. The van der Waals surface area contributed by atoms with Crippen LogP contribution in [0.1, 0.15) is 17.3 Å². The number of rotatable bonds is 7. The third-order valence-electron chi connectivity index (χ3n) is 5.88. The molecule has 1 aliphatic heterocycles. The Hall–Kier alpha value is -3.82. The number of benzene rings is 1. The van der Waals surface area contributed by atoms with Crippen LogP contribution in [0.5, 0.6) is 0 Å². The Morgan fingerprint density at radius 3 is 2.71 bits per heavy atom. The highest BCUT2D eigenvalue weighted by molar-refractivity contribution is 5.96. The number of pyridine rings is 1. The van der Waals surface area contributed by atoms with E-state index >= 15 is 0 Å². The number of fused-ring (bicyclic) bond motifs is 1. The molecule has 9 heteroatoms. The zero-order valence-corrected chi connectivity index (χ0v) is 19.2. The third kappa shape index (κ3) is 4.35. The molecule has 1 atom stereocenters. The van der Waals surface area contributed by atoms with Crippen molar-refractivity contribution in [2.24, 2.45) is 5.73 Å². The number of anilines is 1. The number of aromatic nitrogens is 4. The van der Waals surface area contributed by atoms with Gasteiger partial charge in [-0.3, -0.25) is 4.79 Å². The van der Waals surface area contributed by atoms with Gasteiger partial charge in [0.05, 0.1) is 29.3 Å². The van der Waals surface area contributed by atoms with Crippen molar-refractivity contribution in [1.82, 2.24) is 24.9 Å². The Balaban J connectivity index is 1.56. The minimum atomic E-state index is -0.194. The van der Waals surface area contributed by atoms with Gasteiger partial charge in [-0.05, 0) is 25.1 Å². The van der Waals surface area contributed by atoms with Crippen molar-refractivity contribution in [2.75, 3.05) is 31.6 Å². The van der Waals surface area contributed by atoms with Gasteiger partial charge in [0, 0.05) is 50.1 Å². The second kappa shape index (κ2) is 9.20. The molecule has 0 aliphatic carbocycles. The zero-order valence-electron chi connectivity index (χ0n) is 19.2. The van der Waals surface area contributed by atoms with Gasteiger partial charge in [0.15, 0.2) is 5.65 Å². The molecule has 1 saturated heterocycles. The highest BCUT2D eigenvalue weighted by Crippen LogP contribution is 2.29. The van der Waals surface area contributed by atoms with Crippen LogP contribution >= 0.6 is 0 Å². The van der Waals surface area contributed by atoms with E-state index in [-0.39, 0.29) is 18.1 Å². The molecule has 0 bridgehead atoms. The van der Waals surface area contributed by atoms with Crippen LogP contribution < -0.4 is 16.0 Å². The number of ether oxygens (including phenoxy) is 1. The highest BCUT2D eigenvalue weighted by Gasteiger charge is 2.29. The minimum absolute atomic E-state index is 0.136. The summed E-state index contributed by atoms with van der Waals surface area (Å²) in [6.07, 6.45) is 3.78. The normalized spacial score (nSPS) is 14.7. The van der Waals surface area contributed by atoms with Crippen molar-refractivity contribution in [3.8, 4) is 22.5 Å². The van der Waals surface area contributed by atoms with Crippen LogP contribution in [0.3, 0.4) is 0 Å². The van der Waals surface area contributed by atoms with Gasteiger partial charge < -0.3 is 20.7 Å². The van der Waals surface area contributed by atoms with Crippen LogP contribution in [-0.2, 0) is 4.74 Å². The summed E-state index contributed by atoms with van der Waals surface area (Å²) in [5.41, 5.74) is 10.3. The molecule has 4 aromatic rings. The number of nitrogens with two attached hydrogens (primary N) is 1. The van der Waals surface area contributed by atoms with Crippen LogP contribution in [0.4, 0.5) is 5.82 Å². The molecular formula is C25H27N7O2. The van der Waals surface area contributed by atoms with E-state index in [0.717, 1.165) is 35.7 Å². The fourth-order valence-corrected chi connectivity index (χ4v) is 3.90. The van der Waals surface area contributed by atoms with Crippen molar-refractivity contribution < 1.29 is 9.53 Å². The summed E-state index contributed by atoms with van der Waals surface area (Å²) in [6, 6.07) is 15.4. The smallest absolute Gasteiger partial charge is 0.251 e. The van der Waals surface area contributed by atoms with E-state index in [2.05, 4.69) is 15.3 Å². The van der Waals surface area contributed by atoms with Crippen LogP contribution in [0.2, 0.25) is 0 Å². The lowest BCUT2D eigenvalue weighted by Gasteiger charge is -2.39. The summed E-state index contributed by atoms with van der Waals surface area (Å²) >= 11 is 0. The van der Waals surface area contributed by atoms with Crippen LogP contribution in [0.15, 0.2) is 60.9 Å². The summed E-state index contributed by atoms with van der Waals surface area (Å²) in [7, 11) is 1.70. The number of amides is 1. The van der Waals surface area contributed by atoms with Gasteiger partial charge in [0.25, 0.3) is 5.91 Å². The number of nitrogens with one attached hydrogen (secondary N) is 1. The molecule has 1 aliphatic rings. The number of carbonyl (C=O) groups is 1. The molecule has 1 fully saturated rings. The summed E-state index contributed by atoms with van der Waals surface area (Å²) in [4.78, 5) is 24.7. The monoisotopic (exact) mass is 457 g/mol. The molecule has 0 saturated carbocycles. The second-order valence-electron chi connectivity index (χ2n) is 8.55. The Kier molecular flexibility index (Phi) is 5.95. The maximum atomic E-state index is 12.9. The number of nitrogens with zero attached hydrogens (tertiary/aromatic N) is 5. The van der Waals surface area contributed by atoms with E-state index in [1.54, 1.807) is 30.0 Å². The van der Waals surface area contributed by atoms with Crippen molar-refractivity contribution in [3.63, 3.8) is 0 Å². The molecule has 3 aromatic heterocycles. The van der Waals surface area contributed by atoms with Gasteiger partial charge >= 0.3 is 0 Å². The first-order valence-electron chi connectivity index (χ1n) is 11.3. The lowest BCUT2D eigenvalue weighted by atomic mass is 10.1. The van der Waals surface area contributed by atoms with Crippen molar-refractivity contribution >= 4 is 17.4 Å². The van der Waals surface area contributed by atoms with E-state index in [4.69, 9.17) is 20.4 Å². The molecule has 1 amide bonds. The molecule has 0 spiro atoms. The summed E-state index contributed by atoms with van der Waals surface area (Å²) in [5.74, 6) is 0.524. The number of hydrogen-bond donors (Lipinski definition) is 2. The van der Waals surface area contributed by atoms with Crippen LogP contribution in [0.25, 0.3) is 28.2 Å². The lowest BCUT2D eigenvalue weighted by Crippen LogP contribution is -2.52. The molecular weight excluding hydrogens is 430 g/mol. The molecule has 34 heavy (non-hydrogen) atoms. The van der Waals surface area contributed by atoms with Gasteiger partial charge in [0.1, 0.15) is 5.82 Å². The first-order valence-corrected chi connectivity index (χ1v) is 11.3. The van der Waals surface area contributed by atoms with E-state index in [0.29, 0.717) is 23.4 Å². The standard InChI is InChI=1S/C25H27N7O2/c1-16(26)12-27-25(33)18-10-22(29-23(11-18)31-14-19(15-31)34-2)20-13-28-32-9-8-21(30-24(20)32)17-6-4-3-5-7-17/h3-11,13,16,19H,12,14-15,26H2,1-2H3,(H,27,33)/t16-/m0/s1. The second-order valence-corrected chi connectivity index (χ2v) is 8.55. The van der Waals surface area contributed by atoms with Crippen LogP contribution in [-0.4, -0.2) is 64.4 Å². The molecule has 0 unspecified atom stereocenters. The maximum absolute atomic E-state index is 12.9. The Morgan fingerprint density at radius 2 is 1.97 bits per heavy atom. The van der Waals surface area contributed by atoms with E-state index in [9.17, 15) is 4.79 Å². The highest BCUT2D eigenvalue weighted by atomic mass is 16.5. The Labute approximate surface area is 197 Å². The van der Waals surface area contributed by atoms with Crippen molar-refractivity contribution in [2.45, 2.75) is 19.1 Å². The number of methoxy groups -OCH3 is 1. The first-order chi connectivity index (χ1) is 16.5. The average Bonchev–Trinajstić information content (AvgIpc) is 3.25. The molecule has 9 nitrogen and oxygen atoms in total. The first kappa shape index (κ1) is 22.0. The van der Waals surface area contributed by atoms with E-state index in [1.165, 1.54) is 0 Å². The fraction of sp³-hybridized carbons (Fsp3) is 0.280. The van der Waals surface area contributed by atoms with Gasteiger partial charge in [-0.25, -0.2) is 14.5 Å². The predicted octanol–water partition coefficient (Wildman–Crippen LogP) is 2.37. The number of hydrogen-bond acceptors (Lipinski definition) is 7. The summed E-state index contributed by atoms with van der Waals surface area (Å²) in [5, 5.41) is 7.35.